The van der Waals surface area contributed by atoms with Crippen LogP contribution < -0.4 is 5.32 Å². The highest BCUT2D eigenvalue weighted by Gasteiger charge is 2.26. The number of aromatic amines is 1. The zero-order valence-electron chi connectivity index (χ0n) is 20.3. The fraction of sp³-hybridized carbons (Fsp3) is 0.654. The summed E-state index contributed by atoms with van der Waals surface area (Å²) in [4.78, 5) is 27.8. The van der Waals surface area contributed by atoms with Crippen molar-refractivity contribution in [2.24, 2.45) is 5.92 Å². The molecule has 3 heterocycles. The van der Waals surface area contributed by atoms with Crippen LogP contribution in [-0.2, 0) is 17.8 Å². The van der Waals surface area contributed by atoms with Crippen molar-refractivity contribution in [2.75, 3.05) is 18.4 Å². The van der Waals surface area contributed by atoms with Crippen LogP contribution in [-0.4, -0.2) is 44.6 Å². The lowest BCUT2D eigenvalue weighted by Gasteiger charge is -2.21. The van der Waals surface area contributed by atoms with E-state index in [0.717, 1.165) is 80.7 Å². The number of hydrogen-bond donors (Lipinski definition) is 2. The Morgan fingerprint density at radius 1 is 1.18 bits per heavy atom. The molecule has 0 radical (unpaired) electrons. The molecule has 0 unspecified atom stereocenters. The Hall–Kier alpha value is -2.57. The van der Waals surface area contributed by atoms with Gasteiger partial charge in [0.2, 0.25) is 5.91 Å². The highest BCUT2D eigenvalue weighted by atomic mass is 16.2. The molecule has 2 amide bonds. The van der Waals surface area contributed by atoms with Crippen molar-refractivity contribution in [3.8, 4) is 11.4 Å². The van der Waals surface area contributed by atoms with E-state index in [9.17, 15) is 9.59 Å². The zero-order chi connectivity index (χ0) is 23.2. The number of rotatable bonds is 11. The SMILES string of the molecule is CCCCN(CCCC)C(=O)c1cc2n(c1)CCc1c(NC(=O)CCC3CCCC3)n[nH]c1-2. The van der Waals surface area contributed by atoms with Gasteiger partial charge in [0.1, 0.15) is 0 Å². The average Bonchev–Trinajstić information content (AvgIpc) is 3.57. The molecular formula is C26H39N5O2. The van der Waals surface area contributed by atoms with Crippen molar-refractivity contribution in [1.29, 1.82) is 0 Å². The highest BCUT2D eigenvalue weighted by Crippen LogP contribution is 2.34. The van der Waals surface area contributed by atoms with Crippen molar-refractivity contribution in [2.45, 2.75) is 91.0 Å². The van der Waals surface area contributed by atoms with E-state index in [4.69, 9.17) is 0 Å². The van der Waals surface area contributed by atoms with Crippen LogP contribution in [0.1, 0.15) is 94.0 Å². The second kappa shape index (κ2) is 11.0. The number of carbonyl (C=O) groups is 2. The van der Waals surface area contributed by atoms with E-state index in [1.165, 1.54) is 25.7 Å². The fourth-order valence-corrected chi connectivity index (χ4v) is 5.20. The quantitative estimate of drug-likeness (QED) is 0.479. The molecule has 180 valence electrons. The van der Waals surface area contributed by atoms with Gasteiger partial charge in [-0.15, -0.1) is 0 Å². The van der Waals surface area contributed by atoms with Crippen molar-refractivity contribution in [3.63, 3.8) is 0 Å². The summed E-state index contributed by atoms with van der Waals surface area (Å²) in [5, 5.41) is 10.6. The second-order valence-corrected chi connectivity index (χ2v) is 9.72. The standard InChI is InChI=1S/C26H39N5O2/c1-3-5-14-30(15-6-4-2)26(33)20-17-22-24-21(13-16-31(22)18-20)25(29-28-24)27-23(32)12-11-19-9-7-8-10-19/h17-19H,3-16H2,1-2H3,(H2,27,28,29,32). The molecule has 1 aliphatic heterocycles. The molecule has 1 aliphatic carbocycles. The summed E-state index contributed by atoms with van der Waals surface area (Å²) in [5.74, 6) is 1.52. The summed E-state index contributed by atoms with van der Waals surface area (Å²) in [6.45, 7) is 6.71. The molecule has 1 fully saturated rings. The maximum absolute atomic E-state index is 13.2. The minimum Gasteiger partial charge on any atom is -0.345 e. The zero-order valence-corrected chi connectivity index (χ0v) is 20.3. The largest absolute Gasteiger partial charge is 0.345 e. The van der Waals surface area contributed by atoms with Gasteiger partial charge in [-0.1, -0.05) is 52.4 Å². The molecule has 0 spiro atoms. The Balaban J connectivity index is 1.44. The van der Waals surface area contributed by atoms with E-state index in [2.05, 4.69) is 33.9 Å². The smallest absolute Gasteiger partial charge is 0.255 e. The molecule has 0 aromatic carbocycles. The van der Waals surface area contributed by atoms with Crippen molar-refractivity contribution in [1.82, 2.24) is 19.7 Å². The van der Waals surface area contributed by atoms with E-state index < -0.39 is 0 Å². The molecule has 7 heteroatoms. The Morgan fingerprint density at radius 3 is 2.61 bits per heavy atom. The topological polar surface area (TPSA) is 83.0 Å². The number of fused-ring (bicyclic) bond motifs is 3. The fourth-order valence-electron chi connectivity index (χ4n) is 5.20. The summed E-state index contributed by atoms with van der Waals surface area (Å²) < 4.78 is 2.14. The van der Waals surface area contributed by atoms with Gasteiger partial charge in [0, 0.05) is 37.8 Å². The van der Waals surface area contributed by atoms with Gasteiger partial charge in [-0.25, -0.2) is 0 Å². The Kier molecular flexibility index (Phi) is 7.89. The summed E-state index contributed by atoms with van der Waals surface area (Å²) in [7, 11) is 0. The number of unbranched alkanes of at least 4 members (excludes halogenated alkanes) is 2. The third-order valence-corrected chi connectivity index (χ3v) is 7.23. The van der Waals surface area contributed by atoms with Crippen LogP contribution in [0, 0.1) is 5.92 Å². The van der Waals surface area contributed by atoms with Crippen LogP contribution in [0.4, 0.5) is 5.82 Å². The number of nitrogens with zero attached hydrogens (tertiary/aromatic N) is 3. The van der Waals surface area contributed by atoms with E-state index >= 15 is 0 Å². The molecule has 0 saturated heterocycles. The van der Waals surface area contributed by atoms with E-state index in [1.807, 2.05) is 17.2 Å². The third kappa shape index (κ3) is 5.50. The number of hydrogen-bond acceptors (Lipinski definition) is 3. The van der Waals surface area contributed by atoms with Gasteiger partial charge in [0.05, 0.1) is 17.0 Å². The Morgan fingerprint density at radius 2 is 1.91 bits per heavy atom. The van der Waals surface area contributed by atoms with Crippen molar-refractivity contribution >= 4 is 17.6 Å². The minimum absolute atomic E-state index is 0.0514. The molecule has 0 atom stereocenters. The maximum atomic E-state index is 13.2. The number of nitrogens with one attached hydrogen (secondary N) is 2. The van der Waals surface area contributed by atoms with Crippen LogP contribution in [0.2, 0.25) is 0 Å². The molecule has 2 aliphatic rings. The third-order valence-electron chi connectivity index (χ3n) is 7.23. The molecule has 1 saturated carbocycles. The average molecular weight is 454 g/mol. The number of carbonyl (C=O) groups excluding carboxylic acids is 2. The Bertz CT molecular complexity index is 946. The summed E-state index contributed by atoms with van der Waals surface area (Å²) in [6.07, 6.45) is 13.6. The van der Waals surface area contributed by atoms with Crippen LogP contribution >= 0.6 is 0 Å². The number of aromatic nitrogens is 3. The molecule has 2 N–H and O–H groups in total. The molecule has 2 aromatic rings. The van der Waals surface area contributed by atoms with Gasteiger partial charge in [-0.3, -0.25) is 14.7 Å². The van der Waals surface area contributed by atoms with Gasteiger partial charge in [0.25, 0.3) is 5.91 Å². The Labute approximate surface area is 197 Å². The minimum atomic E-state index is 0.0514. The molecule has 2 aromatic heterocycles. The first-order valence-corrected chi connectivity index (χ1v) is 13.0. The lowest BCUT2D eigenvalue weighted by Crippen LogP contribution is -2.32. The van der Waals surface area contributed by atoms with Gasteiger partial charge < -0.3 is 14.8 Å². The van der Waals surface area contributed by atoms with E-state index in [1.54, 1.807) is 0 Å². The van der Waals surface area contributed by atoms with Gasteiger partial charge in [-0.2, -0.15) is 5.10 Å². The highest BCUT2D eigenvalue weighted by molar-refractivity contribution is 5.96. The molecule has 33 heavy (non-hydrogen) atoms. The normalized spacial score (nSPS) is 15.3. The van der Waals surface area contributed by atoms with Crippen molar-refractivity contribution in [3.05, 3.63) is 23.4 Å². The molecule has 4 rings (SSSR count). The summed E-state index contributed by atoms with van der Waals surface area (Å²) in [5.41, 5.74) is 3.67. The molecular weight excluding hydrogens is 414 g/mol. The molecule has 0 bridgehead atoms. The van der Waals surface area contributed by atoms with E-state index in [0.29, 0.717) is 18.2 Å². The monoisotopic (exact) mass is 453 g/mol. The van der Waals surface area contributed by atoms with Gasteiger partial charge in [-0.05, 0) is 37.7 Å². The van der Waals surface area contributed by atoms with Crippen LogP contribution in [0.3, 0.4) is 0 Å². The number of aryl methyl sites for hydroxylation is 1. The van der Waals surface area contributed by atoms with Gasteiger partial charge >= 0.3 is 0 Å². The van der Waals surface area contributed by atoms with Crippen molar-refractivity contribution < 1.29 is 9.59 Å². The first kappa shape index (κ1) is 23.6. The number of H-pyrrole nitrogens is 1. The first-order valence-electron chi connectivity index (χ1n) is 13.0. The van der Waals surface area contributed by atoms with E-state index in [-0.39, 0.29) is 11.8 Å². The maximum Gasteiger partial charge on any atom is 0.255 e. The first-order chi connectivity index (χ1) is 16.1. The lowest BCUT2D eigenvalue weighted by atomic mass is 10.0. The number of amides is 2. The van der Waals surface area contributed by atoms with Crippen LogP contribution in [0.5, 0.6) is 0 Å². The summed E-state index contributed by atoms with van der Waals surface area (Å²) in [6, 6.07) is 1.98. The lowest BCUT2D eigenvalue weighted by molar-refractivity contribution is -0.116. The predicted molar refractivity (Wildman–Crippen MR) is 131 cm³/mol. The predicted octanol–water partition coefficient (Wildman–Crippen LogP) is 5.39. The summed E-state index contributed by atoms with van der Waals surface area (Å²) >= 11 is 0. The van der Waals surface area contributed by atoms with Crippen LogP contribution in [0.15, 0.2) is 12.3 Å². The molecule has 7 nitrogen and oxygen atoms in total. The second-order valence-electron chi connectivity index (χ2n) is 9.72. The van der Waals surface area contributed by atoms with Gasteiger partial charge in [0.15, 0.2) is 5.82 Å². The number of anilines is 1. The van der Waals surface area contributed by atoms with Crippen LogP contribution in [0.25, 0.3) is 11.4 Å².